The molecule has 1 saturated heterocycles. The summed E-state index contributed by atoms with van der Waals surface area (Å²) in [4.78, 5) is 22.8. The Hall–Kier alpha value is -2.47. The Labute approximate surface area is 135 Å². The van der Waals surface area contributed by atoms with Crippen LogP contribution in [0.1, 0.15) is 21.6 Å². The number of benzene rings is 1. The van der Waals surface area contributed by atoms with Crippen molar-refractivity contribution >= 4 is 17.5 Å². The third kappa shape index (κ3) is 3.48. The number of aryl methyl sites for hydroxylation is 1. The number of amides is 1. The Morgan fingerprint density at radius 1 is 1.22 bits per heavy atom. The van der Waals surface area contributed by atoms with E-state index in [1.54, 1.807) is 17.2 Å². The number of rotatable bonds is 3. The van der Waals surface area contributed by atoms with Crippen LogP contribution in [0.2, 0.25) is 0 Å². The van der Waals surface area contributed by atoms with Gasteiger partial charge in [-0.15, -0.1) is 0 Å². The fourth-order valence-electron chi connectivity index (χ4n) is 2.47. The summed E-state index contributed by atoms with van der Waals surface area (Å²) in [5.74, 6) is 0.345. The first-order chi connectivity index (χ1) is 11.1. The predicted octanol–water partition coefficient (Wildman–Crippen LogP) is 2.31. The highest BCUT2D eigenvalue weighted by molar-refractivity contribution is 5.92. The van der Waals surface area contributed by atoms with Crippen molar-refractivity contribution in [2.24, 2.45) is 0 Å². The van der Waals surface area contributed by atoms with Crippen molar-refractivity contribution in [3.05, 3.63) is 47.3 Å². The number of carbonyl (C=O) groups excluding carboxylic acids is 1. The Bertz CT molecular complexity index is 711. The van der Waals surface area contributed by atoms with Gasteiger partial charge in [-0.25, -0.2) is 9.97 Å². The molecule has 23 heavy (non-hydrogen) atoms. The lowest BCUT2D eigenvalue weighted by Crippen LogP contribution is -2.41. The fraction of sp³-hybridized carbons (Fsp3) is 0.353. The number of anilines is 2. The summed E-state index contributed by atoms with van der Waals surface area (Å²) < 4.78 is 5.27. The van der Waals surface area contributed by atoms with Crippen molar-refractivity contribution < 1.29 is 9.53 Å². The molecule has 6 nitrogen and oxygen atoms in total. The van der Waals surface area contributed by atoms with E-state index >= 15 is 0 Å². The molecule has 2 aromatic rings. The summed E-state index contributed by atoms with van der Waals surface area (Å²) in [6.07, 6.45) is 1.61. The van der Waals surface area contributed by atoms with Crippen LogP contribution < -0.4 is 5.32 Å². The molecule has 0 spiro atoms. The van der Waals surface area contributed by atoms with Crippen molar-refractivity contribution in [2.45, 2.75) is 13.8 Å². The van der Waals surface area contributed by atoms with Gasteiger partial charge in [0.25, 0.3) is 5.91 Å². The van der Waals surface area contributed by atoms with Crippen LogP contribution >= 0.6 is 0 Å². The first-order valence-corrected chi connectivity index (χ1v) is 7.68. The first kappa shape index (κ1) is 15.4. The second kappa shape index (κ2) is 6.75. The lowest BCUT2D eigenvalue weighted by atomic mass is 10.1. The zero-order chi connectivity index (χ0) is 16.2. The van der Waals surface area contributed by atoms with Crippen LogP contribution in [0.5, 0.6) is 0 Å². The van der Waals surface area contributed by atoms with Crippen LogP contribution in [0, 0.1) is 13.8 Å². The summed E-state index contributed by atoms with van der Waals surface area (Å²) in [6, 6.07) is 7.65. The van der Waals surface area contributed by atoms with E-state index in [0.29, 0.717) is 37.9 Å². The first-order valence-electron chi connectivity index (χ1n) is 7.68. The Morgan fingerprint density at radius 3 is 2.78 bits per heavy atom. The van der Waals surface area contributed by atoms with Gasteiger partial charge in [0.15, 0.2) is 0 Å². The average molecular weight is 312 g/mol. The monoisotopic (exact) mass is 312 g/mol. The minimum absolute atomic E-state index is 0.0836. The molecular weight excluding hydrogens is 292 g/mol. The summed E-state index contributed by atoms with van der Waals surface area (Å²) in [7, 11) is 0. The van der Waals surface area contributed by atoms with Gasteiger partial charge in [-0.2, -0.15) is 0 Å². The number of carbonyl (C=O) groups is 1. The largest absolute Gasteiger partial charge is 0.378 e. The Balaban J connectivity index is 1.79. The van der Waals surface area contributed by atoms with Crippen LogP contribution in [-0.2, 0) is 4.74 Å². The van der Waals surface area contributed by atoms with E-state index < -0.39 is 0 Å². The van der Waals surface area contributed by atoms with Crippen LogP contribution in [0.15, 0.2) is 30.5 Å². The van der Waals surface area contributed by atoms with Gasteiger partial charge < -0.3 is 15.0 Å². The summed E-state index contributed by atoms with van der Waals surface area (Å²) in [5, 5.41) is 3.19. The maximum Gasteiger partial charge on any atom is 0.272 e. The molecular formula is C17H20N4O2. The highest BCUT2D eigenvalue weighted by Gasteiger charge is 2.20. The molecule has 3 rings (SSSR count). The lowest BCUT2D eigenvalue weighted by molar-refractivity contribution is 0.0299. The topological polar surface area (TPSA) is 67.4 Å². The van der Waals surface area contributed by atoms with E-state index in [1.165, 1.54) is 5.56 Å². The molecule has 1 aromatic carbocycles. The quantitative estimate of drug-likeness (QED) is 0.942. The second-order valence-corrected chi connectivity index (χ2v) is 5.54. The molecule has 0 saturated carbocycles. The number of hydrogen-bond acceptors (Lipinski definition) is 5. The van der Waals surface area contributed by atoms with Crippen molar-refractivity contribution in [3.8, 4) is 0 Å². The molecule has 6 heteroatoms. The molecule has 2 heterocycles. The molecule has 1 N–H and O–H groups in total. The minimum Gasteiger partial charge on any atom is -0.378 e. The molecule has 0 aliphatic carbocycles. The van der Waals surface area contributed by atoms with Crippen molar-refractivity contribution in [1.29, 1.82) is 0 Å². The van der Waals surface area contributed by atoms with Gasteiger partial charge in [0.1, 0.15) is 5.69 Å². The fourth-order valence-corrected chi connectivity index (χ4v) is 2.47. The smallest absolute Gasteiger partial charge is 0.272 e. The van der Waals surface area contributed by atoms with Gasteiger partial charge >= 0.3 is 0 Å². The van der Waals surface area contributed by atoms with E-state index in [1.807, 2.05) is 19.1 Å². The number of nitrogens with one attached hydrogen (secondary N) is 1. The highest BCUT2D eigenvalue weighted by Crippen LogP contribution is 2.21. The van der Waals surface area contributed by atoms with Gasteiger partial charge in [-0.1, -0.05) is 12.1 Å². The number of morpholine rings is 1. The van der Waals surface area contributed by atoms with E-state index in [0.717, 1.165) is 11.3 Å². The van der Waals surface area contributed by atoms with E-state index in [9.17, 15) is 4.79 Å². The summed E-state index contributed by atoms with van der Waals surface area (Å²) in [6.45, 7) is 6.44. The molecule has 1 aliphatic heterocycles. The molecule has 1 fully saturated rings. The minimum atomic E-state index is -0.0836. The lowest BCUT2D eigenvalue weighted by Gasteiger charge is -2.26. The zero-order valence-corrected chi connectivity index (χ0v) is 13.4. The number of hydrogen-bond donors (Lipinski definition) is 1. The Kier molecular flexibility index (Phi) is 4.52. The van der Waals surface area contributed by atoms with Gasteiger partial charge in [0, 0.05) is 25.0 Å². The van der Waals surface area contributed by atoms with Crippen molar-refractivity contribution in [1.82, 2.24) is 14.9 Å². The Morgan fingerprint density at radius 2 is 2.00 bits per heavy atom. The normalized spacial score (nSPS) is 14.6. The van der Waals surface area contributed by atoms with Crippen LogP contribution in [0.25, 0.3) is 0 Å². The van der Waals surface area contributed by atoms with E-state index in [2.05, 4.69) is 28.3 Å². The highest BCUT2D eigenvalue weighted by atomic mass is 16.5. The van der Waals surface area contributed by atoms with Crippen molar-refractivity contribution in [3.63, 3.8) is 0 Å². The molecule has 0 atom stereocenters. The number of nitrogens with zero attached hydrogens (tertiary/aromatic N) is 3. The van der Waals surface area contributed by atoms with Gasteiger partial charge in [-0.05, 0) is 37.1 Å². The molecule has 120 valence electrons. The molecule has 1 aliphatic rings. The van der Waals surface area contributed by atoms with Gasteiger partial charge in [0.05, 0.1) is 13.2 Å². The van der Waals surface area contributed by atoms with Gasteiger partial charge in [-0.3, -0.25) is 4.79 Å². The van der Waals surface area contributed by atoms with E-state index in [-0.39, 0.29) is 5.91 Å². The van der Waals surface area contributed by atoms with Crippen LogP contribution in [-0.4, -0.2) is 47.1 Å². The molecule has 1 amide bonds. The van der Waals surface area contributed by atoms with Crippen LogP contribution in [0.4, 0.5) is 11.6 Å². The van der Waals surface area contributed by atoms with E-state index in [4.69, 9.17) is 4.74 Å². The van der Waals surface area contributed by atoms with Crippen LogP contribution in [0.3, 0.4) is 0 Å². The zero-order valence-electron chi connectivity index (χ0n) is 13.4. The average Bonchev–Trinajstić information content (AvgIpc) is 2.59. The maximum absolute atomic E-state index is 12.5. The molecule has 0 unspecified atom stereocenters. The standard InChI is InChI=1S/C17H20N4O2/c1-12-4-3-5-14(13(12)2)19-17-18-7-6-15(20-17)16(22)21-8-10-23-11-9-21/h3-7H,8-11H2,1-2H3,(H,18,19,20). The number of aromatic nitrogens is 2. The van der Waals surface area contributed by atoms with Crippen molar-refractivity contribution in [2.75, 3.05) is 31.6 Å². The number of ether oxygens (including phenoxy) is 1. The molecule has 0 radical (unpaired) electrons. The summed E-state index contributed by atoms with van der Waals surface area (Å²) >= 11 is 0. The second-order valence-electron chi connectivity index (χ2n) is 5.54. The molecule has 0 bridgehead atoms. The predicted molar refractivity (Wildman–Crippen MR) is 88.0 cm³/mol. The molecule has 1 aromatic heterocycles. The summed E-state index contributed by atoms with van der Waals surface area (Å²) in [5.41, 5.74) is 3.67. The van der Waals surface area contributed by atoms with Gasteiger partial charge in [0.2, 0.25) is 5.95 Å². The third-order valence-electron chi connectivity index (χ3n) is 4.02. The maximum atomic E-state index is 12.5. The SMILES string of the molecule is Cc1cccc(Nc2nccc(C(=O)N3CCOCC3)n2)c1C. The third-order valence-corrected chi connectivity index (χ3v) is 4.02.